The van der Waals surface area contributed by atoms with E-state index in [0.717, 1.165) is 19.6 Å². The highest BCUT2D eigenvalue weighted by molar-refractivity contribution is 5.92. The highest BCUT2D eigenvalue weighted by atomic mass is 16.2. The summed E-state index contributed by atoms with van der Waals surface area (Å²) in [6.45, 7) is 12.7. The number of anilines is 1. The third-order valence-corrected chi connectivity index (χ3v) is 2.70. The number of carbonyl (C=O) groups excluding carboxylic acids is 1. The minimum atomic E-state index is -0.0389. The summed E-state index contributed by atoms with van der Waals surface area (Å²) in [4.78, 5) is 14.4. The maximum Gasteiger partial charge on any atom is 0.274 e. The molecule has 0 aliphatic heterocycles. The van der Waals surface area contributed by atoms with E-state index in [0.29, 0.717) is 23.3 Å². The molecule has 1 N–H and O–H groups in total. The van der Waals surface area contributed by atoms with Gasteiger partial charge in [-0.3, -0.25) is 4.79 Å². The molecule has 0 bridgehead atoms. The van der Waals surface area contributed by atoms with Crippen molar-refractivity contribution in [2.24, 2.45) is 11.8 Å². The molecule has 1 amide bonds. The Morgan fingerprint density at radius 3 is 2.15 bits per heavy atom. The zero-order valence-electron chi connectivity index (χ0n) is 13.2. The van der Waals surface area contributed by atoms with Crippen molar-refractivity contribution >= 4 is 11.7 Å². The molecule has 1 heterocycles. The first-order chi connectivity index (χ1) is 9.43. The Balaban J connectivity index is 2.82. The zero-order valence-corrected chi connectivity index (χ0v) is 13.2. The van der Waals surface area contributed by atoms with Crippen LogP contribution in [0.3, 0.4) is 0 Å². The third kappa shape index (κ3) is 5.15. The molecule has 0 aliphatic carbocycles. The number of rotatable bonds is 7. The van der Waals surface area contributed by atoms with Gasteiger partial charge in [0.25, 0.3) is 5.91 Å². The van der Waals surface area contributed by atoms with E-state index in [1.165, 1.54) is 0 Å². The van der Waals surface area contributed by atoms with E-state index in [2.05, 4.69) is 43.2 Å². The lowest BCUT2D eigenvalue weighted by Gasteiger charge is -2.25. The summed E-state index contributed by atoms with van der Waals surface area (Å²) >= 11 is 0. The van der Waals surface area contributed by atoms with E-state index < -0.39 is 0 Å². The second-order valence-electron chi connectivity index (χ2n) is 5.83. The molecule has 20 heavy (non-hydrogen) atoms. The fourth-order valence-corrected chi connectivity index (χ4v) is 2.01. The minimum absolute atomic E-state index is 0.0389. The van der Waals surface area contributed by atoms with Crippen molar-refractivity contribution in [2.45, 2.75) is 34.6 Å². The summed E-state index contributed by atoms with van der Waals surface area (Å²) < 4.78 is 0. The third-order valence-electron chi connectivity index (χ3n) is 2.70. The van der Waals surface area contributed by atoms with Crippen LogP contribution in [0.4, 0.5) is 5.82 Å². The maximum atomic E-state index is 12.5. The predicted molar refractivity (Wildman–Crippen MR) is 81.8 cm³/mol. The first kappa shape index (κ1) is 16.4. The summed E-state index contributed by atoms with van der Waals surface area (Å²) in [6.07, 6.45) is 0. The van der Waals surface area contributed by atoms with Gasteiger partial charge in [-0.05, 0) is 30.9 Å². The molecule has 0 fully saturated rings. The average molecular weight is 278 g/mol. The van der Waals surface area contributed by atoms with Crippen LogP contribution in [-0.4, -0.2) is 40.6 Å². The zero-order chi connectivity index (χ0) is 15.1. The molecular formula is C15H26N4O. The molecule has 0 spiro atoms. The molecule has 0 radical (unpaired) electrons. The fourth-order valence-electron chi connectivity index (χ4n) is 2.01. The summed E-state index contributed by atoms with van der Waals surface area (Å²) in [5.74, 6) is 1.53. The highest BCUT2D eigenvalue weighted by Crippen LogP contribution is 2.10. The molecular weight excluding hydrogens is 252 g/mol. The summed E-state index contributed by atoms with van der Waals surface area (Å²) in [6, 6.07) is 3.54. The van der Waals surface area contributed by atoms with Gasteiger partial charge in [0.2, 0.25) is 0 Å². The van der Waals surface area contributed by atoms with Crippen molar-refractivity contribution in [3.8, 4) is 0 Å². The second kappa shape index (κ2) is 7.82. The van der Waals surface area contributed by atoms with Crippen LogP contribution in [0.15, 0.2) is 12.1 Å². The van der Waals surface area contributed by atoms with Gasteiger partial charge < -0.3 is 10.2 Å². The monoisotopic (exact) mass is 278 g/mol. The summed E-state index contributed by atoms with van der Waals surface area (Å²) in [7, 11) is 0. The van der Waals surface area contributed by atoms with Crippen molar-refractivity contribution in [1.82, 2.24) is 15.1 Å². The molecule has 0 aliphatic rings. The molecule has 5 nitrogen and oxygen atoms in total. The lowest BCUT2D eigenvalue weighted by atomic mass is 10.1. The van der Waals surface area contributed by atoms with Gasteiger partial charge in [0, 0.05) is 19.6 Å². The molecule has 1 aromatic heterocycles. The maximum absolute atomic E-state index is 12.5. The van der Waals surface area contributed by atoms with Gasteiger partial charge in [0.15, 0.2) is 5.69 Å². The van der Waals surface area contributed by atoms with Gasteiger partial charge in [-0.2, -0.15) is 0 Å². The van der Waals surface area contributed by atoms with Gasteiger partial charge >= 0.3 is 0 Å². The number of nitrogens with one attached hydrogen (secondary N) is 1. The number of amides is 1. The standard InChI is InChI=1S/C15H26N4O/c1-6-16-14-8-7-13(17-18-14)15(20)19(9-11(2)3)10-12(4)5/h7-8,11-12H,6,9-10H2,1-5H3,(H,16,18). The van der Waals surface area contributed by atoms with E-state index in [9.17, 15) is 4.79 Å². The second-order valence-corrected chi connectivity index (χ2v) is 5.83. The first-order valence-corrected chi connectivity index (χ1v) is 7.30. The van der Waals surface area contributed by atoms with Crippen LogP contribution >= 0.6 is 0 Å². The Morgan fingerprint density at radius 2 is 1.75 bits per heavy atom. The molecule has 1 aromatic rings. The Bertz CT molecular complexity index is 404. The molecule has 112 valence electrons. The van der Waals surface area contributed by atoms with Crippen molar-refractivity contribution in [3.63, 3.8) is 0 Å². The van der Waals surface area contributed by atoms with Crippen LogP contribution in [0, 0.1) is 11.8 Å². The molecule has 0 aromatic carbocycles. The van der Waals surface area contributed by atoms with Crippen molar-refractivity contribution in [3.05, 3.63) is 17.8 Å². The van der Waals surface area contributed by atoms with E-state index in [-0.39, 0.29) is 5.91 Å². The smallest absolute Gasteiger partial charge is 0.274 e. The molecule has 0 atom stereocenters. The van der Waals surface area contributed by atoms with Gasteiger partial charge in [0.05, 0.1) is 0 Å². The van der Waals surface area contributed by atoms with Gasteiger partial charge in [0.1, 0.15) is 5.82 Å². The van der Waals surface area contributed by atoms with Crippen LogP contribution in [0.25, 0.3) is 0 Å². The lowest BCUT2D eigenvalue weighted by Crippen LogP contribution is -2.37. The van der Waals surface area contributed by atoms with Crippen LogP contribution in [-0.2, 0) is 0 Å². The minimum Gasteiger partial charge on any atom is -0.369 e. The Morgan fingerprint density at radius 1 is 1.15 bits per heavy atom. The van der Waals surface area contributed by atoms with Crippen LogP contribution in [0.1, 0.15) is 45.1 Å². The van der Waals surface area contributed by atoms with E-state index in [1.807, 2.05) is 11.8 Å². The predicted octanol–water partition coefficient (Wildman–Crippen LogP) is 2.66. The molecule has 0 saturated heterocycles. The van der Waals surface area contributed by atoms with Crippen LogP contribution < -0.4 is 5.32 Å². The molecule has 5 heteroatoms. The molecule has 0 saturated carbocycles. The van der Waals surface area contributed by atoms with E-state index in [1.54, 1.807) is 12.1 Å². The molecule has 1 rings (SSSR count). The lowest BCUT2D eigenvalue weighted by molar-refractivity contribution is 0.0708. The normalized spacial score (nSPS) is 10.9. The Hall–Kier alpha value is -1.65. The number of carbonyl (C=O) groups is 1. The average Bonchev–Trinajstić information content (AvgIpc) is 2.37. The quantitative estimate of drug-likeness (QED) is 0.833. The summed E-state index contributed by atoms with van der Waals surface area (Å²) in [5.41, 5.74) is 0.410. The van der Waals surface area contributed by atoms with Gasteiger partial charge in [-0.25, -0.2) is 0 Å². The SMILES string of the molecule is CCNc1ccc(C(=O)N(CC(C)C)CC(C)C)nn1. The summed E-state index contributed by atoms with van der Waals surface area (Å²) in [5, 5.41) is 11.1. The van der Waals surface area contributed by atoms with Crippen molar-refractivity contribution < 1.29 is 4.79 Å². The number of nitrogens with zero attached hydrogens (tertiary/aromatic N) is 3. The van der Waals surface area contributed by atoms with E-state index in [4.69, 9.17) is 0 Å². The van der Waals surface area contributed by atoms with Crippen LogP contribution in [0.5, 0.6) is 0 Å². The Kier molecular flexibility index (Phi) is 6.42. The van der Waals surface area contributed by atoms with Crippen molar-refractivity contribution in [1.29, 1.82) is 0 Å². The highest BCUT2D eigenvalue weighted by Gasteiger charge is 2.19. The van der Waals surface area contributed by atoms with Gasteiger partial charge in [-0.1, -0.05) is 27.7 Å². The van der Waals surface area contributed by atoms with E-state index >= 15 is 0 Å². The topological polar surface area (TPSA) is 58.1 Å². The fraction of sp³-hybridized carbons (Fsp3) is 0.667. The number of aromatic nitrogens is 2. The molecule has 0 unspecified atom stereocenters. The largest absolute Gasteiger partial charge is 0.369 e. The Labute approximate surface area is 121 Å². The number of hydrogen-bond acceptors (Lipinski definition) is 4. The van der Waals surface area contributed by atoms with Gasteiger partial charge in [-0.15, -0.1) is 10.2 Å². The van der Waals surface area contributed by atoms with Crippen LogP contribution in [0.2, 0.25) is 0 Å². The van der Waals surface area contributed by atoms with Crippen molar-refractivity contribution in [2.75, 3.05) is 25.0 Å². The number of hydrogen-bond donors (Lipinski definition) is 1. The first-order valence-electron chi connectivity index (χ1n) is 7.30.